The number of nitrogens with two attached hydrogens (primary N) is 1. The van der Waals surface area contributed by atoms with Crippen molar-refractivity contribution < 1.29 is 0 Å². The molecule has 0 spiro atoms. The van der Waals surface area contributed by atoms with Crippen LogP contribution in [0, 0.1) is 0 Å². The van der Waals surface area contributed by atoms with E-state index in [1.807, 2.05) is 18.2 Å². The van der Waals surface area contributed by atoms with Gasteiger partial charge >= 0.3 is 0 Å². The maximum absolute atomic E-state index is 6.09. The fraction of sp³-hybridized carbons (Fsp3) is 0. The third-order valence-corrected chi connectivity index (χ3v) is 4.05. The lowest BCUT2D eigenvalue weighted by Gasteiger charge is -2.08. The van der Waals surface area contributed by atoms with Gasteiger partial charge < -0.3 is 5.73 Å². The van der Waals surface area contributed by atoms with Crippen molar-refractivity contribution in [1.82, 2.24) is 0 Å². The first-order valence-electron chi connectivity index (χ1n) is 4.74. The van der Waals surface area contributed by atoms with E-state index >= 15 is 0 Å². The molecule has 17 heavy (non-hydrogen) atoms. The first-order valence-corrected chi connectivity index (χ1v) is 6.69. The van der Waals surface area contributed by atoms with Crippen LogP contribution in [0.4, 0.5) is 5.69 Å². The van der Waals surface area contributed by atoms with Crippen molar-refractivity contribution in [3.05, 3.63) is 51.5 Å². The van der Waals surface area contributed by atoms with Gasteiger partial charge in [-0.3, -0.25) is 0 Å². The first-order chi connectivity index (χ1) is 8.06. The van der Waals surface area contributed by atoms with Crippen molar-refractivity contribution in [3.63, 3.8) is 0 Å². The van der Waals surface area contributed by atoms with Crippen molar-refractivity contribution in [2.45, 2.75) is 9.79 Å². The van der Waals surface area contributed by atoms with E-state index in [4.69, 9.17) is 40.5 Å². The minimum absolute atomic E-state index is 0.589. The molecule has 2 aromatic carbocycles. The lowest BCUT2D eigenvalue weighted by molar-refractivity contribution is 1.41. The predicted octanol–water partition coefficient (Wildman–Crippen LogP) is 5.38. The van der Waals surface area contributed by atoms with E-state index < -0.39 is 0 Å². The Kier molecular flexibility index (Phi) is 4.10. The van der Waals surface area contributed by atoms with Gasteiger partial charge in [-0.2, -0.15) is 0 Å². The summed E-state index contributed by atoms with van der Waals surface area (Å²) in [5, 5.41) is 1.79. The van der Waals surface area contributed by atoms with Crippen LogP contribution in [-0.2, 0) is 0 Å². The van der Waals surface area contributed by atoms with E-state index in [-0.39, 0.29) is 0 Å². The summed E-state index contributed by atoms with van der Waals surface area (Å²) in [6.07, 6.45) is 0. The highest BCUT2D eigenvalue weighted by Crippen LogP contribution is 2.39. The van der Waals surface area contributed by atoms with Crippen LogP contribution in [0.1, 0.15) is 0 Å². The van der Waals surface area contributed by atoms with Crippen LogP contribution in [0.3, 0.4) is 0 Å². The summed E-state index contributed by atoms with van der Waals surface area (Å²) < 4.78 is 0. The molecule has 0 bridgehead atoms. The summed E-state index contributed by atoms with van der Waals surface area (Å²) in [5.74, 6) is 0. The third-order valence-electron chi connectivity index (χ3n) is 2.05. The van der Waals surface area contributed by atoms with Crippen molar-refractivity contribution in [2.75, 3.05) is 5.73 Å². The highest BCUT2D eigenvalue weighted by atomic mass is 35.5. The minimum atomic E-state index is 0.589. The second-order valence-electron chi connectivity index (χ2n) is 3.37. The van der Waals surface area contributed by atoms with Crippen LogP contribution in [-0.4, -0.2) is 0 Å². The standard InChI is InChI=1S/C12H8Cl3NS/c13-7-4-8(14)6-9(5-7)17-12-10(15)2-1-3-11(12)16/h1-6H,16H2. The summed E-state index contributed by atoms with van der Waals surface area (Å²) >= 11 is 19.4. The van der Waals surface area contributed by atoms with Gasteiger partial charge in [0.05, 0.1) is 9.92 Å². The van der Waals surface area contributed by atoms with E-state index in [1.54, 1.807) is 18.2 Å². The van der Waals surface area contributed by atoms with Gasteiger partial charge in [-0.15, -0.1) is 0 Å². The topological polar surface area (TPSA) is 26.0 Å². The molecule has 0 heterocycles. The Morgan fingerprint density at radius 3 is 2.18 bits per heavy atom. The molecule has 0 amide bonds. The molecule has 0 aliphatic carbocycles. The van der Waals surface area contributed by atoms with Crippen LogP contribution in [0.5, 0.6) is 0 Å². The number of nitrogen functional groups attached to an aromatic ring is 1. The highest BCUT2D eigenvalue weighted by molar-refractivity contribution is 7.99. The molecule has 0 aliphatic heterocycles. The van der Waals surface area contributed by atoms with Gasteiger partial charge in [0, 0.05) is 20.6 Å². The predicted molar refractivity (Wildman–Crippen MR) is 76.4 cm³/mol. The zero-order valence-electron chi connectivity index (χ0n) is 8.58. The van der Waals surface area contributed by atoms with E-state index in [1.165, 1.54) is 11.8 Å². The lowest BCUT2D eigenvalue weighted by atomic mass is 10.3. The lowest BCUT2D eigenvalue weighted by Crippen LogP contribution is -1.88. The molecule has 0 unspecified atom stereocenters. The van der Waals surface area contributed by atoms with E-state index in [2.05, 4.69) is 0 Å². The molecule has 0 aromatic heterocycles. The maximum atomic E-state index is 6.09. The van der Waals surface area contributed by atoms with Crippen molar-refractivity contribution in [2.24, 2.45) is 0 Å². The van der Waals surface area contributed by atoms with Crippen LogP contribution in [0.15, 0.2) is 46.2 Å². The van der Waals surface area contributed by atoms with Crippen LogP contribution in [0.2, 0.25) is 15.1 Å². The molecule has 1 nitrogen and oxygen atoms in total. The summed E-state index contributed by atoms with van der Waals surface area (Å²) in [4.78, 5) is 1.72. The zero-order chi connectivity index (χ0) is 12.4. The Morgan fingerprint density at radius 1 is 0.941 bits per heavy atom. The average Bonchev–Trinajstić information content (AvgIpc) is 2.22. The zero-order valence-corrected chi connectivity index (χ0v) is 11.7. The van der Waals surface area contributed by atoms with Gasteiger partial charge in [-0.1, -0.05) is 52.6 Å². The van der Waals surface area contributed by atoms with E-state index in [0.717, 1.165) is 9.79 Å². The molecule has 0 atom stereocenters. The molecule has 2 N–H and O–H groups in total. The Hall–Kier alpha value is -0.540. The van der Waals surface area contributed by atoms with Gasteiger partial charge in [-0.05, 0) is 30.3 Å². The second-order valence-corrected chi connectivity index (χ2v) is 5.73. The van der Waals surface area contributed by atoms with Crippen LogP contribution >= 0.6 is 46.6 Å². The number of benzene rings is 2. The van der Waals surface area contributed by atoms with Gasteiger partial charge in [0.15, 0.2) is 0 Å². The van der Waals surface area contributed by atoms with Crippen molar-refractivity contribution in [3.8, 4) is 0 Å². The number of hydrogen-bond acceptors (Lipinski definition) is 2. The molecular formula is C12H8Cl3NS. The SMILES string of the molecule is Nc1cccc(Cl)c1Sc1cc(Cl)cc(Cl)c1. The molecular weight excluding hydrogens is 297 g/mol. The summed E-state index contributed by atoms with van der Waals surface area (Å²) in [7, 11) is 0. The molecule has 88 valence electrons. The number of anilines is 1. The highest BCUT2D eigenvalue weighted by Gasteiger charge is 2.07. The van der Waals surface area contributed by atoms with E-state index in [9.17, 15) is 0 Å². The molecule has 2 rings (SSSR count). The van der Waals surface area contributed by atoms with Crippen molar-refractivity contribution in [1.29, 1.82) is 0 Å². The van der Waals surface area contributed by atoms with Crippen LogP contribution in [0.25, 0.3) is 0 Å². The number of halogens is 3. The molecule has 0 radical (unpaired) electrons. The number of rotatable bonds is 2. The molecule has 5 heteroatoms. The largest absolute Gasteiger partial charge is 0.398 e. The molecule has 0 saturated carbocycles. The molecule has 0 fully saturated rings. The molecule has 2 aromatic rings. The quantitative estimate of drug-likeness (QED) is 0.754. The van der Waals surface area contributed by atoms with E-state index in [0.29, 0.717) is 20.8 Å². The second kappa shape index (κ2) is 5.40. The molecule has 0 aliphatic rings. The fourth-order valence-electron chi connectivity index (χ4n) is 1.34. The minimum Gasteiger partial charge on any atom is -0.398 e. The number of hydrogen-bond donors (Lipinski definition) is 1. The summed E-state index contributed by atoms with van der Waals surface area (Å²) in [6.45, 7) is 0. The average molecular weight is 305 g/mol. The molecule has 0 saturated heterocycles. The third kappa shape index (κ3) is 3.23. The Morgan fingerprint density at radius 2 is 1.59 bits per heavy atom. The fourth-order valence-corrected chi connectivity index (χ4v) is 3.25. The first kappa shape index (κ1) is 12.9. The summed E-state index contributed by atoms with van der Waals surface area (Å²) in [5.41, 5.74) is 6.51. The summed E-state index contributed by atoms with van der Waals surface area (Å²) in [6, 6.07) is 10.7. The Balaban J connectivity index is 2.38. The smallest absolute Gasteiger partial charge is 0.0566 e. The Bertz CT molecular complexity index is 517. The normalized spacial score (nSPS) is 10.5. The van der Waals surface area contributed by atoms with Gasteiger partial charge in [0.2, 0.25) is 0 Å². The van der Waals surface area contributed by atoms with Gasteiger partial charge in [0.25, 0.3) is 0 Å². The maximum Gasteiger partial charge on any atom is 0.0566 e. The van der Waals surface area contributed by atoms with Gasteiger partial charge in [-0.25, -0.2) is 0 Å². The Labute approximate surface area is 119 Å². The van der Waals surface area contributed by atoms with Crippen LogP contribution < -0.4 is 5.73 Å². The monoisotopic (exact) mass is 303 g/mol. The van der Waals surface area contributed by atoms with Gasteiger partial charge in [0.1, 0.15) is 0 Å². The van der Waals surface area contributed by atoms with Crippen molar-refractivity contribution >= 4 is 52.3 Å².